The monoisotopic (exact) mass is 379 g/mol. The molecule has 6 nitrogen and oxygen atoms in total. The molecule has 1 aromatic carbocycles. The van der Waals surface area contributed by atoms with E-state index in [4.69, 9.17) is 10.5 Å². The van der Waals surface area contributed by atoms with Crippen LogP contribution in [0.15, 0.2) is 29.3 Å². The molecule has 0 bridgehead atoms. The third kappa shape index (κ3) is 6.27. The number of methoxy groups -OCH3 is 2. The Bertz CT molecular complexity index is 438. The number of guanidine groups is 1. The summed E-state index contributed by atoms with van der Waals surface area (Å²) in [5.74, 6) is 0.580. The van der Waals surface area contributed by atoms with Gasteiger partial charge in [-0.15, -0.1) is 24.0 Å². The van der Waals surface area contributed by atoms with E-state index in [1.165, 1.54) is 7.11 Å². The fourth-order valence-corrected chi connectivity index (χ4v) is 1.30. The highest BCUT2D eigenvalue weighted by Crippen LogP contribution is 2.22. The number of hydrogen-bond acceptors (Lipinski definition) is 4. The molecule has 106 valence electrons. The Balaban J connectivity index is 0.00000324. The van der Waals surface area contributed by atoms with E-state index in [1.807, 2.05) is 24.3 Å². The van der Waals surface area contributed by atoms with Crippen molar-refractivity contribution >= 4 is 41.6 Å². The number of nitrogens with zero attached hydrogens (tertiary/aromatic N) is 1. The van der Waals surface area contributed by atoms with Gasteiger partial charge in [0.2, 0.25) is 0 Å². The molecule has 0 aromatic heterocycles. The minimum atomic E-state index is -0.316. The van der Waals surface area contributed by atoms with Gasteiger partial charge in [0.05, 0.1) is 32.9 Å². The Labute approximate surface area is 129 Å². The Morgan fingerprint density at radius 2 is 2.05 bits per heavy atom. The van der Waals surface area contributed by atoms with E-state index in [2.05, 4.69) is 15.0 Å². The van der Waals surface area contributed by atoms with Crippen LogP contribution in [0.5, 0.6) is 5.75 Å². The average Bonchev–Trinajstić information content (AvgIpc) is 2.39. The number of nitrogens with two attached hydrogens (primary N) is 1. The number of carbonyl (C=O) groups excluding carboxylic acids is 1. The van der Waals surface area contributed by atoms with Crippen LogP contribution in [-0.4, -0.2) is 32.7 Å². The van der Waals surface area contributed by atoms with Gasteiger partial charge in [0.15, 0.2) is 5.96 Å². The predicted molar refractivity (Wildman–Crippen MR) is 85.2 cm³/mol. The molecule has 0 saturated heterocycles. The van der Waals surface area contributed by atoms with Gasteiger partial charge in [0.1, 0.15) is 5.75 Å². The largest absolute Gasteiger partial charge is 0.495 e. The van der Waals surface area contributed by atoms with Gasteiger partial charge in [-0.05, 0) is 12.1 Å². The molecule has 0 atom stereocenters. The maximum absolute atomic E-state index is 10.9. The molecule has 0 radical (unpaired) electrons. The van der Waals surface area contributed by atoms with Gasteiger partial charge in [-0.25, -0.2) is 0 Å². The second-order valence-electron chi connectivity index (χ2n) is 3.42. The molecule has 0 unspecified atom stereocenters. The standard InChI is InChI=1S/C12H17N3O3.HI/c1-17-10-6-4-3-5-9(10)15-12(13)14-8-7-11(16)18-2;/h3-6H,7-8H2,1-2H3,(H3,13,14,15);1H. The minimum absolute atomic E-state index is 0. The number of hydrogen-bond donors (Lipinski definition) is 2. The van der Waals surface area contributed by atoms with Gasteiger partial charge in [-0.2, -0.15) is 0 Å². The number of benzene rings is 1. The summed E-state index contributed by atoms with van der Waals surface area (Å²) in [7, 11) is 2.91. The maximum Gasteiger partial charge on any atom is 0.307 e. The lowest BCUT2D eigenvalue weighted by atomic mass is 10.3. The molecule has 1 rings (SSSR count). The first-order chi connectivity index (χ1) is 8.67. The highest BCUT2D eigenvalue weighted by Gasteiger charge is 2.03. The molecule has 0 aliphatic heterocycles. The van der Waals surface area contributed by atoms with Crippen LogP contribution in [0.1, 0.15) is 6.42 Å². The SMILES string of the molecule is COC(=O)CCN=C(N)Nc1ccccc1OC.I. The van der Waals surface area contributed by atoms with Crippen LogP contribution < -0.4 is 15.8 Å². The summed E-state index contributed by atoms with van der Waals surface area (Å²) in [4.78, 5) is 14.9. The first kappa shape index (κ1) is 17.5. The first-order valence-corrected chi connectivity index (χ1v) is 5.44. The topological polar surface area (TPSA) is 85.9 Å². The highest BCUT2D eigenvalue weighted by molar-refractivity contribution is 14.0. The van der Waals surface area contributed by atoms with Gasteiger partial charge < -0.3 is 20.5 Å². The number of nitrogens with one attached hydrogen (secondary N) is 1. The van der Waals surface area contributed by atoms with Crippen molar-refractivity contribution in [1.29, 1.82) is 0 Å². The van der Waals surface area contributed by atoms with Crippen LogP contribution in [0.4, 0.5) is 5.69 Å². The van der Waals surface area contributed by atoms with E-state index in [-0.39, 0.29) is 48.9 Å². The molecule has 3 N–H and O–H groups in total. The van der Waals surface area contributed by atoms with E-state index in [0.29, 0.717) is 5.75 Å². The molecule has 1 aromatic rings. The normalized spacial score (nSPS) is 10.3. The summed E-state index contributed by atoms with van der Waals surface area (Å²) < 4.78 is 9.66. The van der Waals surface area contributed by atoms with Crippen LogP contribution in [-0.2, 0) is 9.53 Å². The summed E-state index contributed by atoms with van der Waals surface area (Å²) in [6.45, 7) is 0.278. The number of anilines is 1. The summed E-state index contributed by atoms with van der Waals surface area (Å²) in [5, 5.41) is 2.90. The van der Waals surface area contributed by atoms with Crippen molar-refractivity contribution in [3.8, 4) is 5.75 Å². The van der Waals surface area contributed by atoms with E-state index in [0.717, 1.165) is 5.69 Å². The summed E-state index contributed by atoms with van der Waals surface area (Å²) in [5.41, 5.74) is 6.41. The van der Waals surface area contributed by atoms with E-state index >= 15 is 0 Å². The Morgan fingerprint density at radius 1 is 1.37 bits per heavy atom. The number of carbonyl (C=O) groups is 1. The molecule has 0 amide bonds. The summed E-state index contributed by atoms with van der Waals surface area (Å²) in [6.07, 6.45) is 0.199. The Kier molecular flexibility index (Phi) is 8.68. The molecule has 0 aliphatic carbocycles. The van der Waals surface area contributed by atoms with Crippen LogP contribution in [0.2, 0.25) is 0 Å². The van der Waals surface area contributed by atoms with Crippen LogP contribution in [0.3, 0.4) is 0 Å². The summed E-state index contributed by atoms with van der Waals surface area (Å²) in [6, 6.07) is 7.34. The maximum atomic E-state index is 10.9. The van der Waals surface area contributed by atoms with Crippen molar-refractivity contribution in [2.45, 2.75) is 6.42 Å². The van der Waals surface area contributed by atoms with Gasteiger partial charge in [-0.1, -0.05) is 12.1 Å². The zero-order valence-corrected chi connectivity index (χ0v) is 13.2. The van der Waals surface area contributed by atoms with E-state index in [9.17, 15) is 4.79 Å². The van der Waals surface area contributed by atoms with E-state index < -0.39 is 0 Å². The van der Waals surface area contributed by atoms with Crippen molar-refractivity contribution in [3.05, 3.63) is 24.3 Å². The fraction of sp³-hybridized carbons (Fsp3) is 0.333. The molecule has 0 fully saturated rings. The number of para-hydroxylation sites is 2. The third-order valence-electron chi connectivity index (χ3n) is 2.20. The van der Waals surface area contributed by atoms with Gasteiger partial charge >= 0.3 is 5.97 Å². The van der Waals surface area contributed by atoms with Gasteiger partial charge in [-0.3, -0.25) is 9.79 Å². The third-order valence-corrected chi connectivity index (χ3v) is 2.20. The van der Waals surface area contributed by atoms with Crippen LogP contribution >= 0.6 is 24.0 Å². The molecule has 7 heteroatoms. The number of halogens is 1. The Morgan fingerprint density at radius 3 is 2.68 bits per heavy atom. The highest BCUT2D eigenvalue weighted by atomic mass is 127. The molecule has 0 spiro atoms. The molecule has 0 heterocycles. The molecular weight excluding hydrogens is 361 g/mol. The molecular formula is C12H18IN3O3. The second-order valence-corrected chi connectivity index (χ2v) is 3.42. The smallest absolute Gasteiger partial charge is 0.307 e. The first-order valence-electron chi connectivity index (χ1n) is 5.44. The number of rotatable bonds is 5. The van der Waals surface area contributed by atoms with Crippen LogP contribution in [0.25, 0.3) is 0 Å². The van der Waals surface area contributed by atoms with Crippen molar-refractivity contribution in [2.24, 2.45) is 10.7 Å². The van der Waals surface area contributed by atoms with Crippen molar-refractivity contribution in [2.75, 3.05) is 26.1 Å². The fourth-order valence-electron chi connectivity index (χ4n) is 1.30. The van der Waals surface area contributed by atoms with Crippen molar-refractivity contribution < 1.29 is 14.3 Å². The van der Waals surface area contributed by atoms with Gasteiger partial charge in [0.25, 0.3) is 0 Å². The van der Waals surface area contributed by atoms with E-state index in [1.54, 1.807) is 7.11 Å². The van der Waals surface area contributed by atoms with Crippen molar-refractivity contribution in [1.82, 2.24) is 0 Å². The minimum Gasteiger partial charge on any atom is -0.495 e. The van der Waals surface area contributed by atoms with Gasteiger partial charge in [0, 0.05) is 0 Å². The molecule has 0 saturated carbocycles. The zero-order valence-electron chi connectivity index (χ0n) is 10.9. The number of aliphatic imine (C=N–C) groups is 1. The average molecular weight is 379 g/mol. The Hall–Kier alpha value is -1.51. The molecule has 0 aliphatic rings. The number of ether oxygens (including phenoxy) is 2. The quantitative estimate of drug-likeness (QED) is 0.351. The summed E-state index contributed by atoms with van der Waals surface area (Å²) >= 11 is 0. The predicted octanol–water partition coefficient (Wildman–Crippen LogP) is 1.60. The lowest BCUT2D eigenvalue weighted by molar-refractivity contribution is -0.140. The lowest BCUT2D eigenvalue weighted by Crippen LogP contribution is -2.23. The van der Waals surface area contributed by atoms with Crippen LogP contribution in [0, 0.1) is 0 Å². The lowest BCUT2D eigenvalue weighted by Gasteiger charge is -2.09. The zero-order chi connectivity index (χ0) is 13.4. The van der Waals surface area contributed by atoms with Crippen molar-refractivity contribution in [3.63, 3.8) is 0 Å². The number of esters is 1. The molecule has 19 heavy (non-hydrogen) atoms. The second kappa shape index (κ2) is 9.42.